The summed E-state index contributed by atoms with van der Waals surface area (Å²) in [6.07, 6.45) is 0. The number of nitrogens with one attached hydrogen (secondary N) is 1. The molecule has 0 unspecified atom stereocenters. The van der Waals surface area contributed by atoms with Gasteiger partial charge in [-0.25, -0.2) is 4.39 Å². The van der Waals surface area contributed by atoms with E-state index in [2.05, 4.69) is 21.2 Å². The molecule has 1 aliphatic heterocycles. The highest BCUT2D eigenvalue weighted by atomic mass is 79.9. The summed E-state index contributed by atoms with van der Waals surface area (Å²) in [4.78, 5) is 12.0. The quantitative estimate of drug-likeness (QED) is 0.923. The number of fused-ring (bicyclic) bond motifs is 1. The van der Waals surface area contributed by atoms with E-state index in [0.717, 1.165) is 5.56 Å². The Balaban J connectivity index is 1.67. The van der Waals surface area contributed by atoms with E-state index in [1.165, 1.54) is 18.2 Å². The molecule has 108 valence electrons. The molecule has 0 bridgehead atoms. The first-order chi connectivity index (χ1) is 10.1. The lowest BCUT2D eigenvalue weighted by molar-refractivity contribution is 0.0950. The van der Waals surface area contributed by atoms with Gasteiger partial charge in [0.15, 0.2) is 11.5 Å². The van der Waals surface area contributed by atoms with E-state index >= 15 is 0 Å². The molecule has 0 fully saturated rings. The summed E-state index contributed by atoms with van der Waals surface area (Å²) in [7, 11) is 0. The molecule has 1 aliphatic rings. The maximum atomic E-state index is 13.1. The number of ether oxygens (including phenoxy) is 2. The second kappa shape index (κ2) is 5.73. The lowest BCUT2D eigenvalue weighted by Crippen LogP contribution is -2.22. The van der Waals surface area contributed by atoms with Gasteiger partial charge >= 0.3 is 0 Å². The van der Waals surface area contributed by atoms with Crippen LogP contribution in [0.4, 0.5) is 4.39 Å². The van der Waals surface area contributed by atoms with Gasteiger partial charge in [-0.05, 0) is 51.8 Å². The monoisotopic (exact) mass is 351 g/mol. The Labute approximate surface area is 129 Å². The molecule has 0 atom stereocenters. The second-order valence-electron chi connectivity index (χ2n) is 4.50. The SMILES string of the molecule is O=C(NCc1ccc2c(c1)OCO2)c1ccc(F)c(Br)c1. The van der Waals surface area contributed by atoms with Crippen molar-refractivity contribution in [2.24, 2.45) is 0 Å². The summed E-state index contributed by atoms with van der Waals surface area (Å²) >= 11 is 3.06. The normalized spacial score (nSPS) is 12.3. The molecule has 0 saturated heterocycles. The molecular weight excluding hydrogens is 341 g/mol. The van der Waals surface area contributed by atoms with Gasteiger partial charge < -0.3 is 14.8 Å². The van der Waals surface area contributed by atoms with Crippen LogP contribution in [0.25, 0.3) is 0 Å². The molecule has 2 aromatic rings. The molecule has 0 spiro atoms. The van der Waals surface area contributed by atoms with Gasteiger partial charge in [0.25, 0.3) is 5.91 Å². The van der Waals surface area contributed by atoms with Crippen molar-refractivity contribution in [1.82, 2.24) is 5.32 Å². The van der Waals surface area contributed by atoms with Crippen molar-refractivity contribution in [1.29, 1.82) is 0 Å². The van der Waals surface area contributed by atoms with E-state index in [1.54, 1.807) is 6.07 Å². The number of carbonyl (C=O) groups excluding carboxylic acids is 1. The fourth-order valence-electron chi connectivity index (χ4n) is 1.97. The number of rotatable bonds is 3. The number of hydrogen-bond donors (Lipinski definition) is 1. The third-order valence-electron chi connectivity index (χ3n) is 3.07. The minimum absolute atomic E-state index is 0.217. The molecule has 1 heterocycles. The lowest BCUT2D eigenvalue weighted by atomic mass is 10.1. The number of benzene rings is 2. The summed E-state index contributed by atoms with van der Waals surface area (Å²) in [5.74, 6) is 0.703. The van der Waals surface area contributed by atoms with Crippen molar-refractivity contribution >= 4 is 21.8 Å². The summed E-state index contributed by atoms with van der Waals surface area (Å²) < 4.78 is 23.9. The van der Waals surface area contributed by atoms with Crippen molar-refractivity contribution in [3.63, 3.8) is 0 Å². The average Bonchev–Trinajstić information content (AvgIpc) is 2.95. The highest BCUT2D eigenvalue weighted by molar-refractivity contribution is 9.10. The van der Waals surface area contributed by atoms with E-state index in [-0.39, 0.29) is 17.2 Å². The smallest absolute Gasteiger partial charge is 0.251 e. The largest absolute Gasteiger partial charge is 0.454 e. The maximum absolute atomic E-state index is 13.1. The van der Waals surface area contributed by atoms with Crippen LogP contribution in [0.2, 0.25) is 0 Å². The highest BCUT2D eigenvalue weighted by Crippen LogP contribution is 2.32. The van der Waals surface area contributed by atoms with E-state index in [9.17, 15) is 9.18 Å². The van der Waals surface area contributed by atoms with Crippen molar-refractivity contribution in [2.45, 2.75) is 6.54 Å². The van der Waals surface area contributed by atoms with Gasteiger partial charge in [-0.3, -0.25) is 4.79 Å². The Morgan fingerprint density at radius 1 is 1.19 bits per heavy atom. The van der Waals surface area contributed by atoms with Crippen LogP contribution < -0.4 is 14.8 Å². The first-order valence-electron chi connectivity index (χ1n) is 6.25. The first kappa shape index (κ1) is 13.9. The van der Waals surface area contributed by atoms with Crippen LogP contribution in [0.15, 0.2) is 40.9 Å². The third-order valence-corrected chi connectivity index (χ3v) is 3.68. The summed E-state index contributed by atoms with van der Waals surface area (Å²) in [6.45, 7) is 0.569. The molecule has 0 aromatic heterocycles. The topological polar surface area (TPSA) is 47.6 Å². The van der Waals surface area contributed by atoms with Gasteiger partial charge in [-0.1, -0.05) is 6.07 Å². The van der Waals surface area contributed by atoms with E-state index in [0.29, 0.717) is 23.6 Å². The lowest BCUT2D eigenvalue weighted by Gasteiger charge is -2.07. The molecule has 0 saturated carbocycles. The molecule has 3 rings (SSSR count). The predicted octanol–water partition coefficient (Wildman–Crippen LogP) is 3.25. The van der Waals surface area contributed by atoms with E-state index in [1.807, 2.05) is 12.1 Å². The molecule has 1 amide bonds. The maximum Gasteiger partial charge on any atom is 0.251 e. The van der Waals surface area contributed by atoms with Crippen molar-refractivity contribution < 1.29 is 18.7 Å². The van der Waals surface area contributed by atoms with Gasteiger partial charge in [0.05, 0.1) is 4.47 Å². The van der Waals surface area contributed by atoms with Crippen LogP contribution in [0.3, 0.4) is 0 Å². The summed E-state index contributed by atoms with van der Waals surface area (Å²) in [5, 5.41) is 2.77. The first-order valence-corrected chi connectivity index (χ1v) is 7.04. The zero-order valence-corrected chi connectivity index (χ0v) is 12.4. The van der Waals surface area contributed by atoms with Gasteiger partial charge in [-0.15, -0.1) is 0 Å². The number of carbonyl (C=O) groups is 1. The zero-order valence-electron chi connectivity index (χ0n) is 10.9. The van der Waals surface area contributed by atoms with Crippen molar-refractivity contribution in [2.75, 3.05) is 6.79 Å². The molecule has 4 nitrogen and oxygen atoms in total. The number of amides is 1. The van der Waals surface area contributed by atoms with E-state index in [4.69, 9.17) is 9.47 Å². The standard InChI is InChI=1S/C15H11BrFNO3/c16-11-6-10(2-3-12(11)17)15(19)18-7-9-1-4-13-14(5-9)21-8-20-13/h1-6H,7-8H2,(H,18,19). The second-order valence-corrected chi connectivity index (χ2v) is 5.35. The van der Waals surface area contributed by atoms with Crippen LogP contribution in [-0.2, 0) is 6.54 Å². The van der Waals surface area contributed by atoms with Crippen LogP contribution in [0, 0.1) is 5.82 Å². The molecular formula is C15H11BrFNO3. The summed E-state index contributed by atoms with van der Waals surface area (Å²) in [6, 6.07) is 9.62. The molecule has 0 aliphatic carbocycles. The summed E-state index contributed by atoms with van der Waals surface area (Å²) in [5.41, 5.74) is 1.29. The minimum atomic E-state index is -0.401. The van der Waals surface area contributed by atoms with Crippen LogP contribution >= 0.6 is 15.9 Å². The Morgan fingerprint density at radius 2 is 2.00 bits per heavy atom. The van der Waals surface area contributed by atoms with Crippen LogP contribution in [0.1, 0.15) is 15.9 Å². The molecule has 1 N–H and O–H groups in total. The van der Waals surface area contributed by atoms with Crippen LogP contribution in [0.5, 0.6) is 11.5 Å². The average molecular weight is 352 g/mol. The predicted molar refractivity (Wildman–Crippen MR) is 77.8 cm³/mol. The Hall–Kier alpha value is -2.08. The molecule has 6 heteroatoms. The molecule has 2 aromatic carbocycles. The highest BCUT2D eigenvalue weighted by Gasteiger charge is 2.14. The number of hydrogen-bond acceptors (Lipinski definition) is 3. The fourth-order valence-corrected chi connectivity index (χ4v) is 2.35. The van der Waals surface area contributed by atoms with Crippen LogP contribution in [-0.4, -0.2) is 12.7 Å². The Kier molecular flexibility index (Phi) is 3.79. The van der Waals surface area contributed by atoms with Crippen molar-refractivity contribution in [3.8, 4) is 11.5 Å². The minimum Gasteiger partial charge on any atom is -0.454 e. The van der Waals surface area contributed by atoms with Gasteiger partial charge in [-0.2, -0.15) is 0 Å². The fraction of sp³-hybridized carbons (Fsp3) is 0.133. The number of halogens is 2. The molecule has 0 radical (unpaired) electrons. The van der Waals surface area contributed by atoms with Gasteiger partial charge in [0, 0.05) is 12.1 Å². The molecule has 21 heavy (non-hydrogen) atoms. The van der Waals surface area contributed by atoms with Gasteiger partial charge in [0.1, 0.15) is 5.82 Å². The zero-order chi connectivity index (χ0) is 14.8. The van der Waals surface area contributed by atoms with Gasteiger partial charge in [0.2, 0.25) is 6.79 Å². The van der Waals surface area contributed by atoms with Crippen molar-refractivity contribution in [3.05, 3.63) is 57.8 Å². The Morgan fingerprint density at radius 3 is 2.81 bits per heavy atom. The Bertz CT molecular complexity index is 705. The van der Waals surface area contributed by atoms with E-state index < -0.39 is 5.82 Å². The third kappa shape index (κ3) is 3.00.